The molecular formula is C23H25N3O2. The molecule has 0 radical (unpaired) electrons. The van der Waals surface area contributed by atoms with Crippen molar-refractivity contribution in [2.24, 2.45) is 0 Å². The second kappa shape index (κ2) is 9.04. The molecule has 0 heterocycles. The minimum Gasteiger partial charge on any atom is -0.372 e. The van der Waals surface area contributed by atoms with Gasteiger partial charge in [-0.25, -0.2) is 0 Å². The Morgan fingerprint density at radius 3 is 2.18 bits per heavy atom. The molecule has 0 saturated carbocycles. The summed E-state index contributed by atoms with van der Waals surface area (Å²) in [5.74, 6) is -0.596. The average Bonchev–Trinajstić information content (AvgIpc) is 2.73. The zero-order valence-electron chi connectivity index (χ0n) is 16.2. The molecule has 3 aromatic carbocycles. The van der Waals surface area contributed by atoms with Crippen LogP contribution in [0.3, 0.4) is 0 Å². The van der Waals surface area contributed by atoms with Crippen molar-refractivity contribution < 1.29 is 9.59 Å². The van der Waals surface area contributed by atoms with Crippen LogP contribution < -0.4 is 15.8 Å². The van der Waals surface area contributed by atoms with Crippen molar-refractivity contribution in [1.29, 1.82) is 0 Å². The zero-order chi connectivity index (χ0) is 19.9. The standard InChI is InChI=1S/C23H25N3O2/c1-3-26(4-2)21-13-11-19(12-14-21)23(28)25-24-22(27)16-17-9-10-18-7-5-6-8-20(18)15-17/h5-15H,3-4,16H2,1-2H3,(H,24,27)(H,25,28). The van der Waals surface area contributed by atoms with Crippen molar-refractivity contribution >= 4 is 28.3 Å². The fourth-order valence-corrected chi connectivity index (χ4v) is 3.19. The smallest absolute Gasteiger partial charge is 0.269 e. The van der Waals surface area contributed by atoms with E-state index in [1.165, 1.54) is 0 Å². The van der Waals surface area contributed by atoms with Crippen molar-refractivity contribution in [2.75, 3.05) is 18.0 Å². The molecule has 5 heteroatoms. The van der Waals surface area contributed by atoms with Gasteiger partial charge in [0.1, 0.15) is 0 Å². The first kappa shape index (κ1) is 19.4. The summed E-state index contributed by atoms with van der Waals surface area (Å²) in [5.41, 5.74) is 7.44. The van der Waals surface area contributed by atoms with Gasteiger partial charge >= 0.3 is 0 Å². The first-order chi connectivity index (χ1) is 13.6. The van der Waals surface area contributed by atoms with E-state index in [4.69, 9.17) is 0 Å². The molecule has 0 saturated heterocycles. The van der Waals surface area contributed by atoms with Crippen LogP contribution in [0.25, 0.3) is 10.8 Å². The lowest BCUT2D eigenvalue weighted by Gasteiger charge is -2.21. The highest BCUT2D eigenvalue weighted by atomic mass is 16.2. The van der Waals surface area contributed by atoms with E-state index in [0.717, 1.165) is 35.1 Å². The molecule has 3 aromatic rings. The molecule has 0 atom stereocenters. The van der Waals surface area contributed by atoms with Crippen molar-refractivity contribution in [3.8, 4) is 0 Å². The summed E-state index contributed by atoms with van der Waals surface area (Å²) in [4.78, 5) is 26.6. The molecule has 144 valence electrons. The number of hydrogen-bond acceptors (Lipinski definition) is 3. The third-order valence-electron chi connectivity index (χ3n) is 4.75. The van der Waals surface area contributed by atoms with E-state index in [1.54, 1.807) is 12.1 Å². The summed E-state index contributed by atoms with van der Waals surface area (Å²) in [6, 6.07) is 21.3. The van der Waals surface area contributed by atoms with Crippen LogP contribution >= 0.6 is 0 Å². The molecule has 0 aliphatic carbocycles. The van der Waals surface area contributed by atoms with E-state index in [0.29, 0.717) is 5.56 Å². The number of hydrogen-bond donors (Lipinski definition) is 2. The molecule has 0 fully saturated rings. The summed E-state index contributed by atoms with van der Waals surface area (Å²) >= 11 is 0. The predicted molar refractivity (Wildman–Crippen MR) is 113 cm³/mol. The van der Waals surface area contributed by atoms with Gasteiger partial charge in [0, 0.05) is 24.3 Å². The lowest BCUT2D eigenvalue weighted by atomic mass is 10.1. The molecular weight excluding hydrogens is 350 g/mol. The summed E-state index contributed by atoms with van der Waals surface area (Å²) in [7, 11) is 0. The number of nitrogens with one attached hydrogen (secondary N) is 2. The van der Waals surface area contributed by atoms with E-state index < -0.39 is 0 Å². The highest BCUT2D eigenvalue weighted by Gasteiger charge is 2.09. The third-order valence-corrected chi connectivity index (χ3v) is 4.75. The fourth-order valence-electron chi connectivity index (χ4n) is 3.19. The lowest BCUT2D eigenvalue weighted by molar-refractivity contribution is -0.121. The summed E-state index contributed by atoms with van der Waals surface area (Å²) < 4.78 is 0. The van der Waals surface area contributed by atoms with Crippen molar-refractivity contribution in [1.82, 2.24) is 10.9 Å². The Kier molecular flexibility index (Phi) is 6.27. The first-order valence-electron chi connectivity index (χ1n) is 9.52. The second-order valence-corrected chi connectivity index (χ2v) is 6.58. The minimum absolute atomic E-state index is 0.200. The van der Waals surface area contributed by atoms with Crippen LogP contribution in [-0.2, 0) is 11.2 Å². The SMILES string of the molecule is CCN(CC)c1ccc(C(=O)NNC(=O)Cc2ccc3ccccc3c2)cc1. The van der Waals surface area contributed by atoms with Gasteiger partial charge in [-0.05, 0) is 54.4 Å². The number of nitrogens with zero attached hydrogens (tertiary/aromatic N) is 1. The maximum Gasteiger partial charge on any atom is 0.269 e. The quantitative estimate of drug-likeness (QED) is 0.646. The van der Waals surface area contributed by atoms with Crippen LogP contribution in [0, 0.1) is 0 Å². The number of carbonyl (C=O) groups is 2. The number of rotatable bonds is 6. The van der Waals surface area contributed by atoms with Crippen LogP contribution in [-0.4, -0.2) is 24.9 Å². The number of fused-ring (bicyclic) bond motifs is 1. The molecule has 2 amide bonds. The highest BCUT2D eigenvalue weighted by Crippen LogP contribution is 2.16. The Labute approximate surface area is 165 Å². The zero-order valence-corrected chi connectivity index (χ0v) is 16.2. The summed E-state index contributed by atoms with van der Waals surface area (Å²) in [6.45, 7) is 6.00. The van der Waals surface area contributed by atoms with Crippen molar-refractivity contribution in [3.05, 3.63) is 77.9 Å². The Morgan fingerprint density at radius 1 is 0.821 bits per heavy atom. The Bertz CT molecular complexity index is 963. The van der Waals surface area contributed by atoms with Gasteiger partial charge in [-0.15, -0.1) is 0 Å². The maximum atomic E-state index is 12.3. The van der Waals surface area contributed by atoms with Gasteiger partial charge in [-0.1, -0.05) is 42.5 Å². The van der Waals surface area contributed by atoms with Crippen molar-refractivity contribution in [2.45, 2.75) is 20.3 Å². The third kappa shape index (κ3) is 4.68. The van der Waals surface area contributed by atoms with Gasteiger partial charge in [-0.3, -0.25) is 20.4 Å². The summed E-state index contributed by atoms with van der Waals surface area (Å²) in [6.07, 6.45) is 0.200. The van der Waals surface area contributed by atoms with Gasteiger partial charge in [0.15, 0.2) is 0 Å². The average molecular weight is 375 g/mol. The molecule has 0 unspecified atom stereocenters. The molecule has 28 heavy (non-hydrogen) atoms. The highest BCUT2D eigenvalue weighted by molar-refractivity contribution is 5.96. The van der Waals surface area contributed by atoms with E-state index in [-0.39, 0.29) is 18.2 Å². The van der Waals surface area contributed by atoms with Gasteiger partial charge in [-0.2, -0.15) is 0 Å². The first-order valence-corrected chi connectivity index (χ1v) is 9.52. The number of anilines is 1. The Morgan fingerprint density at radius 2 is 1.50 bits per heavy atom. The normalized spacial score (nSPS) is 10.5. The molecule has 0 bridgehead atoms. The van der Waals surface area contributed by atoms with Gasteiger partial charge < -0.3 is 4.90 Å². The van der Waals surface area contributed by atoms with Crippen LogP contribution in [0.4, 0.5) is 5.69 Å². The fraction of sp³-hybridized carbons (Fsp3) is 0.217. The van der Waals surface area contributed by atoms with Gasteiger partial charge in [0.05, 0.1) is 6.42 Å². The molecule has 5 nitrogen and oxygen atoms in total. The second-order valence-electron chi connectivity index (χ2n) is 6.58. The number of hydrazine groups is 1. The number of carbonyl (C=O) groups excluding carboxylic acids is 2. The molecule has 0 aromatic heterocycles. The van der Waals surface area contributed by atoms with Crippen LogP contribution in [0.2, 0.25) is 0 Å². The summed E-state index contributed by atoms with van der Waals surface area (Å²) in [5, 5.41) is 2.22. The van der Waals surface area contributed by atoms with Gasteiger partial charge in [0.2, 0.25) is 5.91 Å². The van der Waals surface area contributed by atoms with Crippen LogP contribution in [0.5, 0.6) is 0 Å². The number of benzene rings is 3. The maximum absolute atomic E-state index is 12.3. The molecule has 0 aliphatic rings. The molecule has 0 aliphatic heterocycles. The number of amides is 2. The minimum atomic E-state index is -0.335. The van der Waals surface area contributed by atoms with E-state index in [9.17, 15) is 9.59 Å². The van der Waals surface area contributed by atoms with Crippen LogP contribution in [0.15, 0.2) is 66.7 Å². The van der Waals surface area contributed by atoms with E-state index >= 15 is 0 Å². The predicted octanol–water partition coefficient (Wildman–Crippen LogP) is 3.69. The lowest BCUT2D eigenvalue weighted by Crippen LogP contribution is -2.42. The Hall–Kier alpha value is -3.34. The topological polar surface area (TPSA) is 61.4 Å². The van der Waals surface area contributed by atoms with E-state index in [2.05, 4.69) is 29.6 Å². The van der Waals surface area contributed by atoms with Crippen LogP contribution in [0.1, 0.15) is 29.8 Å². The molecule has 2 N–H and O–H groups in total. The largest absolute Gasteiger partial charge is 0.372 e. The van der Waals surface area contributed by atoms with Crippen molar-refractivity contribution in [3.63, 3.8) is 0 Å². The van der Waals surface area contributed by atoms with Gasteiger partial charge in [0.25, 0.3) is 5.91 Å². The molecule has 3 rings (SSSR count). The Balaban J connectivity index is 1.55. The monoisotopic (exact) mass is 375 g/mol. The van der Waals surface area contributed by atoms with E-state index in [1.807, 2.05) is 54.6 Å². The molecule has 0 spiro atoms.